The molecule has 0 saturated heterocycles. The Hall–Kier alpha value is -3.21. The maximum absolute atomic E-state index is 5.15. The third kappa shape index (κ3) is 4.01. The van der Waals surface area contributed by atoms with Crippen LogP contribution in [0.4, 0.5) is 5.82 Å². The topological polar surface area (TPSA) is 59.4 Å². The lowest BCUT2D eigenvalue weighted by atomic mass is 10.2. The van der Waals surface area contributed by atoms with E-state index in [4.69, 9.17) is 4.74 Å². The minimum Gasteiger partial charge on any atom is -0.497 e. The highest BCUT2D eigenvalue weighted by Crippen LogP contribution is 2.21. The van der Waals surface area contributed by atoms with Crippen LogP contribution in [0.15, 0.2) is 59.7 Å². The third-order valence-electron chi connectivity index (χ3n) is 3.92. The Morgan fingerprint density at radius 2 is 1.68 bits per heavy atom. The summed E-state index contributed by atoms with van der Waals surface area (Å²) in [6.45, 7) is 3.96. The van der Waals surface area contributed by atoms with Gasteiger partial charge in [0.25, 0.3) is 0 Å². The molecule has 25 heavy (non-hydrogen) atoms. The smallest absolute Gasteiger partial charge is 0.161 e. The zero-order valence-electron chi connectivity index (χ0n) is 14.5. The first kappa shape index (κ1) is 16.6. The molecule has 1 heterocycles. The van der Waals surface area contributed by atoms with E-state index in [0.29, 0.717) is 11.6 Å². The summed E-state index contributed by atoms with van der Waals surface area (Å²) in [7, 11) is 1.65. The first-order valence-corrected chi connectivity index (χ1v) is 8.01. The second kappa shape index (κ2) is 7.57. The first-order chi connectivity index (χ1) is 12.2. The summed E-state index contributed by atoms with van der Waals surface area (Å²) in [5, 5.41) is 4.30. The van der Waals surface area contributed by atoms with Crippen LogP contribution >= 0.6 is 0 Å². The Morgan fingerprint density at radius 1 is 0.960 bits per heavy atom. The predicted molar refractivity (Wildman–Crippen MR) is 101 cm³/mol. The fourth-order valence-corrected chi connectivity index (χ4v) is 2.31. The lowest BCUT2D eigenvalue weighted by molar-refractivity contribution is 0.415. The average molecular weight is 332 g/mol. The van der Waals surface area contributed by atoms with E-state index >= 15 is 0 Å². The molecule has 0 unspecified atom stereocenters. The minimum atomic E-state index is 0.686. The Bertz CT molecular complexity index is 874. The summed E-state index contributed by atoms with van der Waals surface area (Å²) in [6, 6.07) is 17.6. The average Bonchev–Trinajstić information content (AvgIpc) is 2.66. The molecule has 0 aliphatic heterocycles. The molecule has 0 amide bonds. The van der Waals surface area contributed by atoms with Crippen molar-refractivity contribution in [2.75, 3.05) is 12.5 Å². The van der Waals surface area contributed by atoms with Gasteiger partial charge in [0, 0.05) is 16.8 Å². The van der Waals surface area contributed by atoms with Gasteiger partial charge < -0.3 is 4.74 Å². The number of anilines is 1. The highest BCUT2D eigenvalue weighted by molar-refractivity contribution is 5.80. The normalized spacial score (nSPS) is 10.8. The maximum atomic E-state index is 5.15. The molecule has 0 aliphatic rings. The molecule has 0 bridgehead atoms. The maximum Gasteiger partial charge on any atom is 0.161 e. The second-order valence-corrected chi connectivity index (χ2v) is 5.62. The van der Waals surface area contributed by atoms with Crippen molar-refractivity contribution >= 4 is 12.0 Å². The SMILES string of the molecule is COc1ccc(/C=N\Nc2nc(-c3ccccc3)nc(C)c2C)cc1. The van der Waals surface area contributed by atoms with Crippen LogP contribution < -0.4 is 10.2 Å². The van der Waals surface area contributed by atoms with Gasteiger partial charge in [0.1, 0.15) is 5.75 Å². The molecule has 3 aromatic rings. The number of hydrogen-bond acceptors (Lipinski definition) is 5. The van der Waals surface area contributed by atoms with Gasteiger partial charge in [0.2, 0.25) is 0 Å². The van der Waals surface area contributed by atoms with Crippen LogP contribution in [0, 0.1) is 13.8 Å². The largest absolute Gasteiger partial charge is 0.497 e. The monoisotopic (exact) mass is 332 g/mol. The summed E-state index contributed by atoms with van der Waals surface area (Å²) in [6.07, 6.45) is 1.75. The van der Waals surface area contributed by atoms with Crippen LogP contribution in [0.3, 0.4) is 0 Å². The number of rotatable bonds is 5. The number of hydrogen-bond donors (Lipinski definition) is 1. The Kier molecular flexibility index (Phi) is 5.04. The molecular formula is C20H20N4O. The van der Waals surface area contributed by atoms with Crippen molar-refractivity contribution in [1.82, 2.24) is 9.97 Å². The molecule has 5 nitrogen and oxygen atoms in total. The zero-order valence-corrected chi connectivity index (χ0v) is 14.5. The van der Waals surface area contributed by atoms with E-state index in [2.05, 4.69) is 20.5 Å². The van der Waals surface area contributed by atoms with Crippen LogP contribution in [-0.2, 0) is 0 Å². The third-order valence-corrected chi connectivity index (χ3v) is 3.92. The number of hydrazone groups is 1. The number of nitrogens with zero attached hydrogens (tertiary/aromatic N) is 3. The minimum absolute atomic E-state index is 0.686. The lowest BCUT2D eigenvalue weighted by Gasteiger charge is -2.09. The van der Waals surface area contributed by atoms with Gasteiger partial charge in [-0.3, -0.25) is 5.43 Å². The summed E-state index contributed by atoms with van der Waals surface area (Å²) in [4.78, 5) is 9.18. The molecule has 0 fully saturated rings. The van der Waals surface area contributed by atoms with Crippen LogP contribution in [0.1, 0.15) is 16.8 Å². The first-order valence-electron chi connectivity index (χ1n) is 8.01. The number of ether oxygens (including phenoxy) is 1. The van der Waals surface area contributed by atoms with Gasteiger partial charge in [-0.05, 0) is 43.7 Å². The number of aromatic nitrogens is 2. The van der Waals surface area contributed by atoms with Crippen molar-refractivity contribution in [3.8, 4) is 17.1 Å². The van der Waals surface area contributed by atoms with Gasteiger partial charge in [-0.1, -0.05) is 30.3 Å². The number of nitrogens with one attached hydrogen (secondary N) is 1. The quantitative estimate of drug-likeness (QED) is 0.561. The molecule has 126 valence electrons. The highest BCUT2D eigenvalue weighted by atomic mass is 16.5. The van der Waals surface area contributed by atoms with Crippen LogP contribution in [0.25, 0.3) is 11.4 Å². The molecule has 0 radical (unpaired) electrons. The second-order valence-electron chi connectivity index (χ2n) is 5.62. The van der Waals surface area contributed by atoms with Crippen molar-refractivity contribution in [3.05, 3.63) is 71.4 Å². The van der Waals surface area contributed by atoms with Crippen molar-refractivity contribution in [2.24, 2.45) is 5.10 Å². The van der Waals surface area contributed by atoms with Gasteiger partial charge in [0.15, 0.2) is 11.6 Å². The molecule has 1 N–H and O–H groups in total. The highest BCUT2D eigenvalue weighted by Gasteiger charge is 2.08. The Balaban J connectivity index is 1.81. The van der Waals surface area contributed by atoms with Gasteiger partial charge in [-0.25, -0.2) is 9.97 Å². The van der Waals surface area contributed by atoms with Crippen molar-refractivity contribution < 1.29 is 4.74 Å². The Morgan fingerprint density at radius 3 is 2.36 bits per heavy atom. The van der Waals surface area contributed by atoms with Gasteiger partial charge >= 0.3 is 0 Å². The number of benzene rings is 2. The molecular weight excluding hydrogens is 312 g/mol. The van der Waals surface area contributed by atoms with Gasteiger partial charge in [-0.2, -0.15) is 5.10 Å². The van der Waals surface area contributed by atoms with E-state index in [-0.39, 0.29) is 0 Å². The Labute approximate surface area is 147 Å². The molecule has 0 aliphatic carbocycles. The fraction of sp³-hybridized carbons (Fsp3) is 0.150. The zero-order chi connectivity index (χ0) is 17.6. The molecule has 0 atom stereocenters. The number of aryl methyl sites for hydroxylation is 1. The van der Waals surface area contributed by atoms with Gasteiger partial charge in [0.05, 0.1) is 13.3 Å². The van der Waals surface area contributed by atoms with E-state index < -0.39 is 0 Å². The van der Waals surface area contributed by atoms with Crippen LogP contribution in [-0.4, -0.2) is 23.3 Å². The van der Waals surface area contributed by atoms with E-state index in [1.54, 1.807) is 13.3 Å². The summed E-state index contributed by atoms with van der Waals surface area (Å²) >= 11 is 0. The molecule has 5 heteroatoms. The number of methoxy groups -OCH3 is 1. The summed E-state index contributed by atoms with van der Waals surface area (Å²) in [5.74, 6) is 2.21. The van der Waals surface area contributed by atoms with Crippen molar-refractivity contribution in [3.63, 3.8) is 0 Å². The van der Waals surface area contributed by atoms with Crippen molar-refractivity contribution in [1.29, 1.82) is 0 Å². The molecule has 0 saturated carbocycles. The summed E-state index contributed by atoms with van der Waals surface area (Å²) < 4.78 is 5.15. The molecule has 2 aromatic carbocycles. The summed E-state index contributed by atoms with van der Waals surface area (Å²) in [5.41, 5.74) is 6.88. The van der Waals surface area contributed by atoms with E-state index in [1.165, 1.54) is 0 Å². The lowest BCUT2D eigenvalue weighted by Crippen LogP contribution is -2.03. The predicted octanol–water partition coefficient (Wildman–Crippen LogP) is 4.22. The van der Waals surface area contributed by atoms with E-state index in [0.717, 1.165) is 28.1 Å². The van der Waals surface area contributed by atoms with Crippen LogP contribution in [0.2, 0.25) is 0 Å². The fourth-order valence-electron chi connectivity index (χ4n) is 2.31. The van der Waals surface area contributed by atoms with Crippen LogP contribution in [0.5, 0.6) is 5.75 Å². The van der Waals surface area contributed by atoms with E-state index in [1.807, 2.05) is 68.4 Å². The van der Waals surface area contributed by atoms with E-state index in [9.17, 15) is 0 Å². The van der Waals surface area contributed by atoms with Crippen molar-refractivity contribution in [2.45, 2.75) is 13.8 Å². The molecule has 1 aromatic heterocycles. The van der Waals surface area contributed by atoms with Gasteiger partial charge in [-0.15, -0.1) is 0 Å². The molecule has 3 rings (SSSR count). The standard InChI is InChI=1S/C20H20N4O/c1-14-15(2)22-20(17-7-5-4-6-8-17)23-19(14)24-21-13-16-9-11-18(25-3)12-10-16/h4-13H,1-3H3,(H,22,23,24)/b21-13-. The molecule has 0 spiro atoms.